The number of likely N-dealkylation sites (N-methyl/N-ethyl adjacent to an activating group) is 1. The molecule has 1 aliphatic heterocycles. The molecule has 1 aromatic rings. The number of aliphatic imine (C=N–C) groups is 1. The van der Waals surface area contributed by atoms with Crippen molar-refractivity contribution in [3.8, 4) is 11.5 Å². The molecule has 6 heteroatoms. The van der Waals surface area contributed by atoms with E-state index in [1.54, 1.807) is 14.2 Å². The summed E-state index contributed by atoms with van der Waals surface area (Å²) in [7, 11) is 7.27. The van der Waals surface area contributed by atoms with Gasteiger partial charge in [-0.1, -0.05) is 13.0 Å². The van der Waals surface area contributed by atoms with Gasteiger partial charge in [-0.15, -0.1) is 0 Å². The van der Waals surface area contributed by atoms with Gasteiger partial charge in [0.05, 0.1) is 14.2 Å². The van der Waals surface area contributed by atoms with E-state index in [1.807, 2.05) is 19.2 Å². The molecule has 0 radical (unpaired) electrons. The number of nitrogens with one attached hydrogen (secondary N) is 1. The number of hydrogen-bond donors (Lipinski definition) is 1. The van der Waals surface area contributed by atoms with Crippen LogP contribution in [0.5, 0.6) is 11.5 Å². The molecule has 6 nitrogen and oxygen atoms in total. The smallest absolute Gasteiger partial charge is 0.193 e. The van der Waals surface area contributed by atoms with Crippen LogP contribution in [0.4, 0.5) is 0 Å². The van der Waals surface area contributed by atoms with Gasteiger partial charge in [0.2, 0.25) is 0 Å². The van der Waals surface area contributed by atoms with Crippen LogP contribution in [0.15, 0.2) is 23.2 Å². The highest BCUT2D eigenvalue weighted by atomic mass is 16.5. The number of ether oxygens (including phenoxy) is 2. The zero-order valence-corrected chi connectivity index (χ0v) is 18.5. The van der Waals surface area contributed by atoms with Crippen molar-refractivity contribution in [2.24, 2.45) is 10.9 Å². The van der Waals surface area contributed by atoms with E-state index in [9.17, 15) is 0 Å². The van der Waals surface area contributed by atoms with E-state index in [1.165, 1.54) is 31.5 Å². The summed E-state index contributed by atoms with van der Waals surface area (Å²) < 4.78 is 10.7. The second-order valence-corrected chi connectivity index (χ2v) is 7.86. The summed E-state index contributed by atoms with van der Waals surface area (Å²) >= 11 is 0. The molecule has 1 atom stereocenters. The van der Waals surface area contributed by atoms with E-state index in [-0.39, 0.29) is 0 Å². The number of guanidine groups is 1. The maximum atomic E-state index is 5.40. The van der Waals surface area contributed by atoms with Crippen molar-refractivity contribution in [2.45, 2.75) is 39.2 Å². The predicted molar refractivity (Wildman–Crippen MR) is 117 cm³/mol. The van der Waals surface area contributed by atoms with Crippen LogP contribution in [0.3, 0.4) is 0 Å². The number of methoxy groups -OCH3 is 2. The topological polar surface area (TPSA) is 49.3 Å². The summed E-state index contributed by atoms with van der Waals surface area (Å²) in [6.07, 6.45) is 3.53. The third-order valence-electron chi connectivity index (χ3n) is 5.75. The number of likely N-dealkylation sites (tertiary alicyclic amines) is 1. The molecule has 0 saturated carbocycles. The van der Waals surface area contributed by atoms with Crippen LogP contribution in [0.25, 0.3) is 0 Å². The molecule has 158 valence electrons. The molecule has 0 bridgehead atoms. The van der Waals surface area contributed by atoms with Crippen LogP contribution in [-0.2, 0) is 6.42 Å². The van der Waals surface area contributed by atoms with Gasteiger partial charge in [0.1, 0.15) is 0 Å². The summed E-state index contributed by atoms with van der Waals surface area (Å²) in [5, 5.41) is 3.54. The van der Waals surface area contributed by atoms with Gasteiger partial charge in [0.25, 0.3) is 0 Å². The zero-order chi connectivity index (χ0) is 20.5. The van der Waals surface area contributed by atoms with Crippen molar-refractivity contribution < 1.29 is 9.47 Å². The Bertz CT molecular complexity index is 627. The molecule has 1 fully saturated rings. The monoisotopic (exact) mass is 390 g/mol. The number of hydrogen-bond acceptors (Lipinski definition) is 4. The molecular formula is C22H38N4O2. The summed E-state index contributed by atoms with van der Waals surface area (Å²) in [5.74, 6) is 3.35. The summed E-state index contributed by atoms with van der Waals surface area (Å²) in [4.78, 5) is 9.23. The molecule has 0 aliphatic carbocycles. The molecule has 0 spiro atoms. The fourth-order valence-electron chi connectivity index (χ4n) is 3.66. The molecular weight excluding hydrogens is 352 g/mol. The normalized spacial score (nSPS) is 17.3. The second-order valence-electron chi connectivity index (χ2n) is 7.86. The first-order valence-corrected chi connectivity index (χ1v) is 10.3. The summed E-state index contributed by atoms with van der Waals surface area (Å²) in [6.45, 7) is 8.87. The van der Waals surface area contributed by atoms with Crippen LogP contribution in [0.1, 0.15) is 32.3 Å². The molecule has 1 unspecified atom stereocenters. The van der Waals surface area contributed by atoms with Crippen LogP contribution < -0.4 is 14.8 Å². The molecule has 1 heterocycles. The van der Waals surface area contributed by atoms with Gasteiger partial charge in [-0.3, -0.25) is 9.89 Å². The highest BCUT2D eigenvalue weighted by Crippen LogP contribution is 2.27. The van der Waals surface area contributed by atoms with Gasteiger partial charge in [0, 0.05) is 33.2 Å². The van der Waals surface area contributed by atoms with Crippen molar-refractivity contribution in [1.29, 1.82) is 0 Å². The van der Waals surface area contributed by atoms with Gasteiger partial charge in [-0.25, -0.2) is 0 Å². The Balaban J connectivity index is 1.82. The Hall–Kier alpha value is -1.95. The highest BCUT2D eigenvalue weighted by Gasteiger charge is 2.20. The SMILES string of the molecule is CN=C(NCC(C)N1CCC(C)CC1)N(C)CCc1ccc(OC)c(OC)c1. The molecule has 1 aromatic carbocycles. The standard InChI is InChI=1S/C22H38N4O2/c1-17-9-13-26(14-10-17)18(2)16-24-22(23-3)25(4)12-11-19-7-8-20(27-5)21(15-19)28-6/h7-8,15,17-18H,9-14,16H2,1-6H3,(H,23,24). The Morgan fingerprint density at radius 2 is 1.93 bits per heavy atom. The van der Waals surface area contributed by atoms with Crippen LogP contribution in [-0.4, -0.2) is 76.3 Å². The fraction of sp³-hybridized carbons (Fsp3) is 0.682. The minimum absolute atomic E-state index is 0.517. The van der Waals surface area contributed by atoms with Crippen molar-refractivity contribution in [2.75, 3.05) is 54.5 Å². The Labute approximate surface area is 170 Å². The molecule has 2 rings (SSSR count). The molecule has 1 aliphatic rings. The fourth-order valence-corrected chi connectivity index (χ4v) is 3.66. The highest BCUT2D eigenvalue weighted by molar-refractivity contribution is 5.79. The first-order chi connectivity index (χ1) is 13.5. The van der Waals surface area contributed by atoms with Crippen molar-refractivity contribution in [3.05, 3.63) is 23.8 Å². The minimum atomic E-state index is 0.517. The quantitative estimate of drug-likeness (QED) is 0.546. The van der Waals surface area contributed by atoms with Gasteiger partial charge in [-0.2, -0.15) is 0 Å². The Morgan fingerprint density at radius 1 is 1.25 bits per heavy atom. The minimum Gasteiger partial charge on any atom is -0.493 e. The maximum Gasteiger partial charge on any atom is 0.193 e. The van der Waals surface area contributed by atoms with Crippen LogP contribution in [0.2, 0.25) is 0 Å². The van der Waals surface area contributed by atoms with E-state index in [2.05, 4.69) is 47.1 Å². The Kier molecular flexibility index (Phi) is 8.90. The average Bonchev–Trinajstić information content (AvgIpc) is 2.72. The van der Waals surface area contributed by atoms with E-state index >= 15 is 0 Å². The van der Waals surface area contributed by atoms with Gasteiger partial charge < -0.3 is 19.7 Å². The van der Waals surface area contributed by atoms with Gasteiger partial charge in [0.15, 0.2) is 17.5 Å². The lowest BCUT2D eigenvalue weighted by Gasteiger charge is -2.35. The summed E-state index contributed by atoms with van der Waals surface area (Å²) in [5.41, 5.74) is 1.22. The lowest BCUT2D eigenvalue weighted by Crippen LogP contribution is -2.48. The van der Waals surface area contributed by atoms with E-state index in [0.717, 1.165) is 42.9 Å². The second kappa shape index (κ2) is 11.1. The maximum absolute atomic E-state index is 5.40. The lowest BCUT2D eigenvalue weighted by molar-refractivity contribution is 0.147. The zero-order valence-electron chi connectivity index (χ0n) is 18.5. The van der Waals surface area contributed by atoms with E-state index in [4.69, 9.17) is 9.47 Å². The van der Waals surface area contributed by atoms with Crippen molar-refractivity contribution in [1.82, 2.24) is 15.1 Å². The Morgan fingerprint density at radius 3 is 2.54 bits per heavy atom. The van der Waals surface area contributed by atoms with Crippen LogP contribution in [0, 0.1) is 5.92 Å². The third-order valence-corrected chi connectivity index (χ3v) is 5.75. The van der Waals surface area contributed by atoms with E-state index in [0.29, 0.717) is 6.04 Å². The van der Waals surface area contributed by atoms with Crippen molar-refractivity contribution >= 4 is 5.96 Å². The molecule has 1 saturated heterocycles. The number of benzene rings is 1. The van der Waals surface area contributed by atoms with Crippen molar-refractivity contribution in [3.63, 3.8) is 0 Å². The molecule has 1 N–H and O–H groups in total. The summed E-state index contributed by atoms with van der Waals surface area (Å²) in [6, 6.07) is 6.61. The van der Waals surface area contributed by atoms with E-state index < -0.39 is 0 Å². The molecule has 0 amide bonds. The van der Waals surface area contributed by atoms with Gasteiger partial charge >= 0.3 is 0 Å². The number of nitrogens with zero attached hydrogens (tertiary/aromatic N) is 3. The first kappa shape index (κ1) is 22.3. The largest absolute Gasteiger partial charge is 0.493 e. The predicted octanol–water partition coefficient (Wildman–Crippen LogP) is 2.87. The lowest BCUT2D eigenvalue weighted by atomic mass is 9.98. The molecule has 28 heavy (non-hydrogen) atoms. The molecule has 0 aromatic heterocycles. The van der Waals surface area contributed by atoms with Crippen LogP contribution >= 0.6 is 0 Å². The first-order valence-electron chi connectivity index (χ1n) is 10.3. The number of rotatable bonds is 8. The average molecular weight is 391 g/mol. The van der Waals surface area contributed by atoms with Gasteiger partial charge in [-0.05, 0) is 62.9 Å². The third kappa shape index (κ3) is 6.30. The number of piperidine rings is 1.